The minimum atomic E-state index is -0.341. The molecular weight excluding hydrogens is 303 g/mol. The van der Waals surface area contributed by atoms with Gasteiger partial charge in [-0.05, 0) is 26.0 Å². The number of thioether (sulfide) groups is 1. The summed E-state index contributed by atoms with van der Waals surface area (Å²) in [6.07, 6.45) is 0.458. The zero-order chi connectivity index (χ0) is 13.6. The molecule has 0 bridgehead atoms. The molecule has 0 aliphatic heterocycles. The Labute approximate surface area is 130 Å². The zero-order valence-electron chi connectivity index (χ0n) is 11.1. The quantitative estimate of drug-likeness (QED) is 0.791. The summed E-state index contributed by atoms with van der Waals surface area (Å²) in [6, 6.07) is 7.63. The maximum absolute atomic E-state index is 11.7. The van der Waals surface area contributed by atoms with Crippen LogP contribution in [0.5, 0.6) is 0 Å². The summed E-state index contributed by atoms with van der Waals surface area (Å²) < 4.78 is 0. The number of halogens is 2. The normalized spacial score (nSPS) is 10.7. The van der Waals surface area contributed by atoms with Crippen molar-refractivity contribution in [3.63, 3.8) is 0 Å². The second kappa shape index (κ2) is 8.69. The minimum absolute atomic E-state index is 0. The van der Waals surface area contributed by atoms with Crippen molar-refractivity contribution in [1.82, 2.24) is 5.32 Å². The third kappa shape index (κ3) is 7.06. The van der Waals surface area contributed by atoms with E-state index in [9.17, 15) is 4.79 Å². The summed E-state index contributed by atoms with van der Waals surface area (Å²) in [6.45, 7) is 4.24. The predicted molar refractivity (Wildman–Crippen MR) is 85.3 cm³/mol. The van der Waals surface area contributed by atoms with E-state index in [-0.39, 0.29) is 23.9 Å². The first-order valence-electron chi connectivity index (χ1n) is 5.83. The van der Waals surface area contributed by atoms with Gasteiger partial charge in [0.2, 0.25) is 5.91 Å². The highest BCUT2D eigenvalue weighted by Gasteiger charge is 2.17. The fourth-order valence-corrected chi connectivity index (χ4v) is 2.49. The first-order chi connectivity index (χ1) is 8.44. The molecule has 108 valence electrons. The van der Waals surface area contributed by atoms with E-state index in [1.54, 1.807) is 11.8 Å². The summed E-state index contributed by atoms with van der Waals surface area (Å²) in [5.41, 5.74) is 5.22. The molecule has 19 heavy (non-hydrogen) atoms. The molecule has 0 aromatic heterocycles. The van der Waals surface area contributed by atoms with Gasteiger partial charge in [-0.2, -0.15) is 0 Å². The van der Waals surface area contributed by atoms with Crippen LogP contribution in [0.15, 0.2) is 29.2 Å². The number of carbonyl (C=O) groups excluding carboxylic acids is 1. The summed E-state index contributed by atoms with van der Waals surface area (Å²) in [4.78, 5) is 12.7. The minimum Gasteiger partial charge on any atom is -0.350 e. The Kier molecular flexibility index (Phi) is 8.50. The molecule has 0 aliphatic rings. The van der Waals surface area contributed by atoms with E-state index in [0.29, 0.717) is 18.7 Å². The zero-order valence-corrected chi connectivity index (χ0v) is 13.5. The molecule has 1 aromatic carbocycles. The van der Waals surface area contributed by atoms with Crippen molar-refractivity contribution in [2.45, 2.75) is 30.7 Å². The van der Waals surface area contributed by atoms with Crippen molar-refractivity contribution in [2.75, 3.05) is 12.3 Å². The third-order valence-electron chi connectivity index (χ3n) is 2.41. The van der Waals surface area contributed by atoms with Crippen LogP contribution in [0.2, 0.25) is 5.02 Å². The Morgan fingerprint density at radius 2 is 2.05 bits per heavy atom. The van der Waals surface area contributed by atoms with Gasteiger partial charge in [0.15, 0.2) is 0 Å². The van der Waals surface area contributed by atoms with Gasteiger partial charge in [-0.25, -0.2) is 0 Å². The topological polar surface area (TPSA) is 55.1 Å². The lowest BCUT2D eigenvalue weighted by molar-refractivity contribution is -0.122. The smallest absolute Gasteiger partial charge is 0.221 e. The number of benzene rings is 1. The maximum atomic E-state index is 11.7. The SMILES string of the molecule is CC(C)(CN)NC(=O)CCSc1ccccc1Cl.Cl. The fourth-order valence-electron chi connectivity index (χ4n) is 1.31. The number of hydrogen-bond donors (Lipinski definition) is 2. The number of amides is 1. The molecule has 0 heterocycles. The lowest BCUT2D eigenvalue weighted by Gasteiger charge is -2.24. The third-order valence-corrected chi connectivity index (χ3v) is 3.93. The van der Waals surface area contributed by atoms with Crippen LogP contribution in [-0.2, 0) is 4.79 Å². The van der Waals surface area contributed by atoms with Gasteiger partial charge in [-0.15, -0.1) is 24.2 Å². The van der Waals surface area contributed by atoms with Crippen LogP contribution < -0.4 is 11.1 Å². The average Bonchev–Trinajstić information content (AvgIpc) is 2.31. The molecule has 0 fully saturated rings. The molecule has 0 saturated carbocycles. The summed E-state index contributed by atoms with van der Waals surface area (Å²) in [5, 5.41) is 3.62. The standard InChI is InChI=1S/C13H19ClN2OS.ClH/c1-13(2,9-15)16-12(17)7-8-18-11-6-4-3-5-10(11)14;/h3-6H,7-9,15H2,1-2H3,(H,16,17);1H. The van der Waals surface area contributed by atoms with E-state index in [4.69, 9.17) is 17.3 Å². The van der Waals surface area contributed by atoms with Gasteiger partial charge >= 0.3 is 0 Å². The molecule has 0 atom stereocenters. The Balaban J connectivity index is 0.00000324. The van der Waals surface area contributed by atoms with Crippen LogP contribution >= 0.6 is 35.8 Å². The van der Waals surface area contributed by atoms with E-state index in [1.807, 2.05) is 38.1 Å². The van der Waals surface area contributed by atoms with Crippen molar-refractivity contribution in [3.05, 3.63) is 29.3 Å². The molecule has 0 radical (unpaired) electrons. The van der Waals surface area contributed by atoms with Crippen molar-refractivity contribution >= 4 is 41.7 Å². The van der Waals surface area contributed by atoms with Gasteiger partial charge in [0, 0.05) is 29.2 Å². The van der Waals surface area contributed by atoms with E-state index >= 15 is 0 Å². The lowest BCUT2D eigenvalue weighted by atomic mass is 10.1. The van der Waals surface area contributed by atoms with Crippen molar-refractivity contribution in [1.29, 1.82) is 0 Å². The number of hydrogen-bond acceptors (Lipinski definition) is 3. The molecule has 3 N–H and O–H groups in total. The van der Waals surface area contributed by atoms with Gasteiger partial charge in [0.05, 0.1) is 5.02 Å². The monoisotopic (exact) mass is 322 g/mol. The van der Waals surface area contributed by atoms with Gasteiger partial charge in [-0.3, -0.25) is 4.79 Å². The van der Waals surface area contributed by atoms with Crippen LogP contribution in [0, 0.1) is 0 Å². The highest BCUT2D eigenvalue weighted by molar-refractivity contribution is 7.99. The molecule has 0 spiro atoms. The molecule has 6 heteroatoms. The van der Waals surface area contributed by atoms with Crippen LogP contribution in [0.3, 0.4) is 0 Å². The average molecular weight is 323 g/mol. The largest absolute Gasteiger partial charge is 0.350 e. The van der Waals surface area contributed by atoms with E-state index in [1.165, 1.54) is 0 Å². The Bertz CT molecular complexity index is 413. The molecule has 0 saturated heterocycles. The summed E-state index contributed by atoms with van der Waals surface area (Å²) in [5.74, 6) is 0.723. The van der Waals surface area contributed by atoms with Crippen LogP contribution in [0.1, 0.15) is 20.3 Å². The Morgan fingerprint density at radius 1 is 1.42 bits per heavy atom. The van der Waals surface area contributed by atoms with Crippen molar-refractivity contribution < 1.29 is 4.79 Å². The molecule has 1 amide bonds. The highest BCUT2D eigenvalue weighted by Crippen LogP contribution is 2.26. The van der Waals surface area contributed by atoms with E-state index in [0.717, 1.165) is 9.92 Å². The lowest BCUT2D eigenvalue weighted by Crippen LogP contribution is -2.48. The van der Waals surface area contributed by atoms with Gasteiger partial charge in [-0.1, -0.05) is 23.7 Å². The number of rotatable bonds is 6. The van der Waals surface area contributed by atoms with Crippen LogP contribution in [0.4, 0.5) is 0 Å². The molecule has 1 rings (SSSR count). The van der Waals surface area contributed by atoms with E-state index < -0.39 is 0 Å². The number of nitrogens with one attached hydrogen (secondary N) is 1. The first-order valence-corrected chi connectivity index (χ1v) is 7.19. The van der Waals surface area contributed by atoms with Gasteiger partial charge < -0.3 is 11.1 Å². The van der Waals surface area contributed by atoms with E-state index in [2.05, 4.69) is 5.32 Å². The van der Waals surface area contributed by atoms with Crippen LogP contribution in [-0.4, -0.2) is 23.7 Å². The molecule has 3 nitrogen and oxygen atoms in total. The maximum Gasteiger partial charge on any atom is 0.221 e. The highest BCUT2D eigenvalue weighted by atomic mass is 35.5. The first kappa shape index (κ1) is 18.6. The number of nitrogens with two attached hydrogens (primary N) is 1. The number of carbonyl (C=O) groups is 1. The second-order valence-corrected chi connectivity index (χ2v) is 6.21. The second-order valence-electron chi connectivity index (χ2n) is 4.67. The van der Waals surface area contributed by atoms with Gasteiger partial charge in [0.1, 0.15) is 0 Å². The van der Waals surface area contributed by atoms with Crippen LogP contribution in [0.25, 0.3) is 0 Å². The summed E-state index contributed by atoms with van der Waals surface area (Å²) >= 11 is 7.62. The molecular formula is C13H20Cl2N2OS. The predicted octanol–water partition coefficient (Wildman–Crippen LogP) is 3.10. The van der Waals surface area contributed by atoms with Gasteiger partial charge in [0.25, 0.3) is 0 Å². The fraction of sp³-hybridized carbons (Fsp3) is 0.462. The summed E-state index contributed by atoms with van der Waals surface area (Å²) in [7, 11) is 0. The molecule has 0 unspecified atom stereocenters. The molecule has 0 aliphatic carbocycles. The van der Waals surface area contributed by atoms with Crippen molar-refractivity contribution in [3.8, 4) is 0 Å². The Morgan fingerprint density at radius 3 is 2.63 bits per heavy atom. The Hall–Kier alpha value is -0.420. The molecule has 1 aromatic rings. The van der Waals surface area contributed by atoms with Crippen molar-refractivity contribution in [2.24, 2.45) is 5.73 Å².